The van der Waals surface area contributed by atoms with Crippen molar-refractivity contribution < 1.29 is 4.79 Å². The predicted octanol–water partition coefficient (Wildman–Crippen LogP) is 0.0472. The summed E-state index contributed by atoms with van der Waals surface area (Å²) in [4.78, 5) is 27.7. The summed E-state index contributed by atoms with van der Waals surface area (Å²) >= 11 is 0. The number of amides is 2. The molecule has 4 N–H and O–H groups in total. The first-order valence-corrected chi connectivity index (χ1v) is 7.26. The van der Waals surface area contributed by atoms with Crippen LogP contribution in [0.2, 0.25) is 0 Å². The molecule has 0 aromatic carbocycles. The highest BCUT2D eigenvalue weighted by atomic mass is 16.2. The lowest BCUT2D eigenvalue weighted by molar-refractivity contribution is 0.248. The number of hydrogen-bond donors (Lipinski definition) is 4. The van der Waals surface area contributed by atoms with Gasteiger partial charge in [-0.05, 0) is 27.9 Å². The van der Waals surface area contributed by atoms with E-state index in [2.05, 4.69) is 30.9 Å². The highest BCUT2D eigenvalue weighted by molar-refractivity contribution is 5.88. The monoisotopic (exact) mass is 322 g/mol. The lowest BCUT2D eigenvalue weighted by atomic mass is 10.3. The standard InChI is InChI=1S/C13H22N8O2/c1-8-7-10(21(19-8)6-5-20(3)4)15-12(22)14-9(2)11-16-13(23)18-17-11/h7,9H,5-6H2,1-4H3,(H2,14,15,22)(H2,16,17,18,23)/t9-/m0/s1. The van der Waals surface area contributed by atoms with E-state index in [1.54, 1.807) is 17.7 Å². The van der Waals surface area contributed by atoms with Gasteiger partial charge >= 0.3 is 11.7 Å². The Labute approximate surface area is 133 Å². The summed E-state index contributed by atoms with van der Waals surface area (Å²) in [7, 11) is 3.95. The zero-order chi connectivity index (χ0) is 17.0. The Bertz CT molecular complexity index is 714. The maximum absolute atomic E-state index is 12.1. The van der Waals surface area contributed by atoms with E-state index in [-0.39, 0.29) is 0 Å². The summed E-state index contributed by atoms with van der Waals surface area (Å²) in [6.07, 6.45) is 0. The Morgan fingerprint density at radius 2 is 2.22 bits per heavy atom. The van der Waals surface area contributed by atoms with Crippen LogP contribution in [0.5, 0.6) is 0 Å². The number of likely N-dealkylation sites (N-methyl/N-ethyl adjacent to an activating group) is 1. The van der Waals surface area contributed by atoms with Crippen LogP contribution in [0.3, 0.4) is 0 Å². The third-order valence-corrected chi connectivity index (χ3v) is 3.18. The molecule has 2 rings (SSSR count). The minimum atomic E-state index is -0.437. The van der Waals surface area contributed by atoms with Crippen LogP contribution in [0.4, 0.5) is 10.6 Å². The summed E-state index contributed by atoms with van der Waals surface area (Å²) in [6, 6.07) is 0.969. The molecule has 2 aromatic heterocycles. The van der Waals surface area contributed by atoms with Crippen molar-refractivity contribution in [2.45, 2.75) is 26.4 Å². The second kappa shape index (κ2) is 7.09. The maximum atomic E-state index is 12.1. The van der Waals surface area contributed by atoms with Crippen molar-refractivity contribution >= 4 is 11.8 Å². The number of hydrogen-bond acceptors (Lipinski definition) is 5. The van der Waals surface area contributed by atoms with Crippen LogP contribution in [0.1, 0.15) is 24.5 Å². The van der Waals surface area contributed by atoms with Crippen LogP contribution in [0.15, 0.2) is 10.9 Å². The average molecular weight is 322 g/mol. The molecule has 0 saturated heterocycles. The van der Waals surface area contributed by atoms with Crippen LogP contribution < -0.4 is 16.3 Å². The molecule has 0 radical (unpaired) electrons. The van der Waals surface area contributed by atoms with Gasteiger partial charge in [0.1, 0.15) is 5.82 Å². The molecule has 0 aliphatic carbocycles. The van der Waals surface area contributed by atoms with E-state index in [0.717, 1.165) is 12.2 Å². The fourth-order valence-electron chi connectivity index (χ4n) is 2.02. The molecule has 0 unspecified atom stereocenters. The van der Waals surface area contributed by atoms with Gasteiger partial charge in [-0.1, -0.05) is 0 Å². The molecule has 23 heavy (non-hydrogen) atoms. The third-order valence-electron chi connectivity index (χ3n) is 3.18. The summed E-state index contributed by atoms with van der Waals surface area (Å²) in [5.41, 5.74) is 0.412. The minimum absolute atomic E-state index is 0.363. The summed E-state index contributed by atoms with van der Waals surface area (Å²) in [6.45, 7) is 5.06. The van der Waals surface area contributed by atoms with Crippen molar-refractivity contribution in [1.29, 1.82) is 0 Å². The van der Waals surface area contributed by atoms with Crippen molar-refractivity contribution in [2.75, 3.05) is 26.0 Å². The number of aromatic amines is 2. The molecule has 0 spiro atoms. The first kappa shape index (κ1) is 16.7. The normalized spacial score (nSPS) is 12.4. The van der Waals surface area contributed by atoms with E-state index in [4.69, 9.17) is 0 Å². The minimum Gasteiger partial charge on any atom is -0.328 e. The number of carbonyl (C=O) groups is 1. The summed E-state index contributed by atoms with van der Waals surface area (Å²) in [5.74, 6) is 0.979. The number of aryl methyl sites for hydroxylation is 1. The lowest BCUT2D eigenvalue weighted by Crippen LogP contribution is -2.33. The number of rotatable bonds is 6. The van der Waals surface area contributed by atoms with Crippen molar-refractivity contribution in [3.63, 3.8) is 0 Å². The number of carbonyl (C=O) groups excluding carboxylic acids is 1. The fraction of sp³-hybridized carbons (Fsp3) is 0.538. The summed E-state index contributed by atoms with van der Waals surface area (Å²) < 4.78 is 1.75. The molecular weight excluding hydrogens is 300 g/mol. The molecule has 1 atom stereocenters. The van der Waals surface area contributed by atoms with Crippen LogP contribution >= 0.6 is 0 Å². The predicted molar refractivity (Wildman–Crippen MR) is 85.3 cm³/mol. The van der Waals surface area contributed by atoms with Crippen LogP contribution in [-0.2, 0) is 6.54 Å². The average Bonchev–Trinajstić information content (AvgIpc) is 3.02. The molecule has 2 heterocycles. The number of nitrogens with one attached hydrogen (secondary N) is 4. The van der Waals surface area contributed by atoms with Crippen molar-refractivity contribution in [2.24, 2.45) is 0 Å². The zero-order valence-corrected chi connectivity index (χ0v) is 13.7. The number of nitrogens with zero attached hydrogens (tertiary/aromatic N) is 4. The Morgan fingerprint density at radius 1 is 1.48 bits per heavy atom. The second-order valence-electron chi connectivity index (χ2n) is 5.58. The molecule has 126 valence electrons. The maximum Gasteiger partial charge on any atom is 0.340 e. The molecule has 2 aromatic rings. The van der Waals surface area contributed by atoms with Crippen LogP contribution in [-0.4, -0.2) is 56.5 Å². The number of urea groups is 1. The first-order chi connectivity index (χ1) is 10.8. The molecule has 0 bridgehead atoms. The fourth-order valence-corrected chi connectivity index (χ4v) is 2.02. The van der Waals surface area contributed by atoms with Crippen molar-refractivity contribution in [1.82, 2.24) is 35.2 Å². The van der Waals surface area contributed by atoms with E-state index in [1.165, 1.54) is 0 Å². The molecule has 0 saturated carbocycles. The smallest absolute Gasteiger partial charge is 0.328 e. The molecule has 10 heteroatoms. The third kappa shape index (κ3) is 4.68. The largest absolute Gasteiger partial charge is 0.340 e. The highest BCUT2D eigenvalue weighted by Gasteiger charge is 2.15. The lowest BCUT2D eigenvalue weighted by Gasteiger charge is -2.14. The van der Waals surface area contributed by atoms with E-state index < -0.39 is 17.8 Å². The van der Waals surface area contributed by atoms with E-state index in [9.17, 15) is 9.59 Å². The van der Waals surface area contributed by atoms with E-state index >= 15 is 0 Å². The molecule has 0 fully saturated rings. The van der Waals surface area contributed by atoms with Gasteiger partial charge in [0.05, 0.1) is 18.3 Å². The Hall–Kier alpha value is -2.62. The SMILES string of the molecule is Cc1cc(NC(=O)N[C@@H](C)c2n[nH]c(=O)[nH]2)n(CCN(C)C)n1. The Kier molecular flexibility index (Phi) is 5.16. The van der Waals surface area contributed by atoms with Gasteiger partial charge in [0.2, 0.25) is 0 Å². The molecule has 0 aliphatic heterocycles. The van der Waals surface area contributed by atoms with Gasteiger partial charge < -0.3 is 10.2 Å². The second-order valence-corrected chi connectivity index (χ2v) is 5.58. The van der Waals surface area contributed by atoms with E-state index in [0.29, 0.717) is 18.2 Å². The van der Waals surface area contributed by atoms with Crippen molar-refractivity contribution in [3.05, 3.63) is 28.1 Å². The molecular formula is C13H22N8O2. The summed E-state index contributed by atoms with van der Waals surface area (Å²) in [5, 5.41) is 15.9. The van der Waals surface area contributed by atoms with Crippen molar-refractivity contribution in [3.8, 4) is 0 Å². The van der Waals surface area contributed by atoms with Crippen LogP contribution in [0, 0.1) is 6.92 Å². The highest BCUT2D eigenvalue weighted by Crippen LogP contribution is 2.11. The number of anilines is 1. The number of H-pyrrole nitrogens is 2. The molecule has 2 amide bonds. The van der Waals surface area contributed by atoms with Gasteiger partial charge in [-0.15, -0.1) is 0 Å². The molecule has 10 nitrogen and oxygen atoms in total. The Balaban J connectivity index is 1.98. The van der Waals surface area contributed by atoms with Gasteiger partial charge in [0.25, 0.3) is 0 Å². The quantitative estimate of drug-likeness (QED) is 0.598. The van der Waals surface area contributed by atoms with Gasteiger partial charge in [-0.25, -0.2) is 19.4 Å². The zero-order valence-electron chi connectivity index (χ0n) is 13.7. The van der Waals surface area contributed by atoms with Gasteiger partial charge in [0.15, 0.2) is 5.82 Å². The van der Waals surface area contributed by atoms with Gasteiger partial charge in [-0.3, -0.25) is 10.3 Å². The molecule has 0 aliphatic rings. The van der Waals surface area contributed by atoms with E-state index in [1.807, 2.05) is 25.9 Å². The Morgan fingerprint density at radius 3 is 2.83 bits per heavy atom. The van der Waals surface area contributed by atoms with Crippen LogP contribution in [0.25, 0.3) is 0 Å². The van der Waals surface area contributed by atoms with Gasteiger partial charge in [0, 0.05) is 12.6 Å². The first-order valence-electron chi connectivity index (χ1n) is 7.26. The van der Waals surface area contributed by atoms with Gasteiger partial charge in [-0.2, -0.15) is 10.2 Å². The number of aromatic nitrogens is 5. The topological polar surface area (TPSA) is 124 Å².